The highest BCUT2D eigenvalue weighted by Gasteiger charge is 2.02. The molecule has 5 heteroatoms. The number of anilines is 1. The van der Waals surface area contributed by atoms with Crippen LogP contribution in [0.1, 0.15) is 5.76 Å². The van der Waals surface area contributed by atoms with Gasteiger partial charge in [0.15, 0.2) is 5.96 Å². The second-order valence-corrected chi connectivity index (χ2v) is 5.12. The van der Waals surface area contributed by atoms with E-state index in [4.69, 9.17) is 14.9 Å². The number of methoxy groups -OCH3 is 1. The van der Waals surface area contributed by atoms with Crippen LogP contribution in [0.5, 0.6) is 5.75 Å². The van der Waals surface area contributed by atoms with Gasteiger partial charge in [0.1, 0.15) is 17.1 Å². The molecule has 0 unspecified atom stereocenters. The van der Waals surface area contributed by atoms with Crippen molar-refractivity contribution in [2.24, 2.45) is 10.7 Å². The summed E-state index contributed by atoms with van der Waals surface area (Å²) in [6, 6.07) is 17.5. The number of fused-ring (bicyclic) bond motifs is 1. The first-order valence-corrected chi connectivity index (χ1v) is 7.43. The molecule has 0 amide bonds. The summed E-state index contributed by atoms with van der Waals surface area (Å²) in [6.45, 7) is 0.558. The Morgan fingerprint density at radius 1 is 1.17 bits per heavy atom. The van der Waals surface area contributed by atoms with Crippen LogP contribution in [0, 0.1) is 0 Å². The van der Waals surface area contributed by atoms with E-state index in [2.05, 4.69) is 10.3 Å². The number of nitrogens with two attached hydrogens (primary N) is 1. The highest BCUT2D eigenvalue weighted by molar-refractivity contribution is 5.92. The second kappa shape index (κ2) is 6.87. The van der Waals surface area contributed by atoms with Gasteiger partial charge in [-0.3, -0.25) is 4.99 Å². The lowest BCUT2D eigenvalue weighted by Gasteiger charge is -2.07. The maximum absolute atomic E-state index is 5.90. The maximum atomic E-state index is 5.90. The molecule has 1 heterocycles. The molecule has 0 fully saturated rings. The molecule has 0 aliphatic rings. The lowest BCUT2D eigenvalue weighted by Crippen LogP contribution is -2.23. The molecular formula is C18H19N3O2. The number of hydrogen-bond donors (Lipinski definition) is 2. The monoisotopic (exact) mass is 309 g/mol. The van der Waals surface area contributed by atoms with Crippen LogP contribution in [-0.2, 0) is 6.42 Å². The topological polar surface area (TPSA) is 72.8 Å². The van der Waals surface area contributed by atoms with Crippen molar-refractivity contribution in [3.05, 3.63) is 60.4 Å². The van der Waals surface area contributed by atoms with Crippen LogP contribution in [0.25, 0.3) is 11.0 Å². The fourth-order valence-corrected chi connectivity index (χ4v) is 2.33. The first kappa shape index (κ1) is 15.0. The normalized spacial score (nSPS) is 11.6. The van der Waals surface area contributed by atoms with Gasteiger partial charge in [0.2, 0.25) is 0 Å². The number of nitrogens with one attached hydrogen (secondary N) is 1. The molecule has 23 heavy (non-hydrogen) atoms. The molecule has 0 saturated heterocycles. The van der Waals surface area contributed by atoms with Crippen LogP contribution in [0.3, 0.4) is 0 Å². The van der Waals surface area contributed by atoms with Gasteiger partial charge in [-0.1, -0.05) is 24.3 Å². The third-order valence-electron chi connectivity index (χ3n) is 3.46. The maximum Gasteiger partial charge on any atom is 0.193 e. The molecule has 3 N–H and O–H groups in total. The Bertz CT molecular complexity index is 791. The Labute approximate surface area is 134 Å². The first-order valence-electron chi connectivity index (χ1n) is 7.43. The number of benzene rings is 2. The molecule has 0 spiro atoms. The van der Waals surface area contributed by atoms with E-state index < -0.39 is 0 Å². The third kappa shape index (κ3) is 3.83. The minimum atomic E-state index is 0.370. The van der Waals surface area contributed by atoms with E-state index in [0.717, 1.165) is 28.2 Å². The molecule has 3 aromatic rings. The minimum absolute atomic E-state index is 0.370. The molecule has 0 bridgehead atoms. The minimum Gasteiger partial charge on any atom is -0.497 e. The van der Waals surface area contributed by atoms with Crippen molar-refractivity contribution in [2.45, 2.75) is 6.42 Å². The average molecular weight is 309 g/mol. The van der Waals surface area contributed by atoms with E-state index in [-0.39, 0.29) is 0 Å². The number of guanidine groups is 1. The van der Waals surface area contributed by atoms with Crippen LogP contribution in [0.2, 0.25) is 0 Å². The number of para-hydroxylation sites is 1. The second-order valence-electron chi connectivity index (χ2n) is 5.12. The number of hydrogen-bond acceptors (Lipinski definition) is 3. The van der Waals surface area contributed by atoms with Crippen molar-refractivity contribution in [3.63, 3.8) is 0 Å². The Morgan fingerprint density at radius 2 is 2.04 bits per heavy atom. The Morgan fingerprint density at radius 3 is 2.87 bits per heavy atom. The Balaban J connectivity index is 1.58. The van der Waals surface area contributed by atoms with Crippen molar-refractivity contribution < 1.29 is 9.15 Å². The summed E-state index contributed by atoms with van der Waals surface area (Å²) in [5, 5.41) is 4.15. The molecule has 1 aromatic heterocycles. The largest absolute Gasteiger partial charge is 0.497 e. The van der Waals surface area contributed by atoms with Crippen molar-refractivity contribution in [1.82, 2.24) is 0 Å². The molecule has 2 aromatic carbocycles. The van der Waals surface area contributed by atoms with Gasteiger partial charge in [0.25, 0.3) is 0 Å². The molecule has 0 saturated carbocycles. The molecule has 0 atom stereocenters. The summed E-state index contributed by atoms with van der Waals surface area (Å²) in [4.78, 5) is 4.32. The standard InChI is InChI=1S/C18H19N3O2/c1-22-15-7-4-6-14(12-15)21-18(19)20-10-9-16-11-13-5-2-3-8-17(13)23-16/h2-8,11-12H,9-10H2,1H3,(H3,19,20,21). The number of ether oxygens (including phenoxy) is 1. The van der Waals surface area contributed by atoms with Gasteiger partial charge in [-0.25, -0.2) is 0 Å². The molecule has 0 radical (unpaired) electrons. The van der Waals surface area contributed by atoms with Crippen LogP contribution < -0.4 is 15.8 Å². The van der Waals surface area contributed by atoms with E-state index in [1.54, 1.807) is 7.11 Å². The predicted octanol–water partition coefficient (Wildman–Crippen LogP) is 3.41. The third-order valence-corrected chi connectivity index (χ3v) is 3.46. The number of rotatable bonds is 5. The zero-order chi connectivity index (χ0) is 16.1. The quantitative estimate of drug-likeness (QED) is 0.559. The molecule has 118 valence electrons. The fraction of sp³-hybridized carbons (Fsp3) is 0.167. The van der Waals surface area contributed by atoms with Gasteiger partial charge in [0.05, 0.1) is 7.11 Å². The SMILES string of the molecule is COc1cccc(NC(N)=NCCc2cc3ccccc3o2)c1. The van der Waals surface area contributed by atoms with Gasteiger partial charge < -0.3 is 20.2 Å². The number of nitrogens with zero attached hydrogens (tertiary/aromatic N) is 1. The number of furan rings is 1. The fourth-order valence-electron chi connectivity index (χ4n) is 2.33. The van der Waals surface area contributed by atoms with Gasteiger partial charge in [-0.05, 0) is 24.3 Å². The molecule has 0 aliphatic heterocycles. The van der Waals surface area contributed by atoms with Gasteiger partial charge in [0, 0.05) is 30.1 Å². The van der Waals surface area contributed by atoms with Crippen molar-refractivity contribution in [1.29, 1.82) is 0 Å². The summed E-state index contributed by atoms with van der Waals surface area (Å²) < 4.78 is 10.9. The van der Waals surface area contributed by atoms with E-state index in [9.17, 15) is 0 Å². The first-order chi connectivity index (χ1) is 11.2. The van der Waals surface area contributed by atoms with Crippen LogP contribution >= 0.6 is 0 Å². The van der Waals surface area contributed by atoms with E-state index in [0.29, 0.717) is 18.9 Å². The lowest BCUT2D eigenvalue weighted by molar-refractivity contribution is 0.415. The van der Waals surface area contributed by atoms with Gasteiger partial charge in [-0.15, -0.1) is 0 Å². The summed E-state index contributed by atoms with van der Waals surface area (Å²) in [5.41, 5.74) is 7.64. The smallest absolute Gasteiger partial charge is 0.193 e. The van der Waals surface area contributed by atoms with Crippen LogP contribution in [0.4, 0.5) is 5.69 Å². The summed E-state index contributed by atoms with van der Waals surface area (Å²) >= 11 is 0. The van der Waals surface area contributed by atoms with E-state index in [1.807, 2.05) is 54.6 Å². The molecule has 0 aliphatic carbocycles. The highest BCUT2D eigenvalue weighted by atomic mass is 16.5. The zero-order valence-corrected chi connectivity index (χ0v) is 13.0. The van der Waals surface area contributed by atoms with E-state index in [1.165, 1.54) is 0 Å². The lowest BCUT2D eigenvalue weighted by atomic mass is 10.2. The summed E-state index contributed by atoms with van der Waals surface area (Å²) in [6.07, 6.45) is 0.704. The van der Waals surface area contributed by atoms with Crippen molar-refractivity contribution in [3.8, 4) is 5.75 Å². The van der Waals surface area contributed by atoms with Crippen molar-refractivity contribution in [2.75, 3.05) is 19.0 Å². The van der Waals surface area contributed by atoms with Crippen molar-refractivity contribution >= 4 is 22.6 Å². The Kier molecular flexibility index (Phi) is 4.47. The molecule has 5 nitrogen and oxygen atoms in total. The van der Waals surface area contributed by atoms with Gasteiger partial charge >= 0.3 is 0 Å². The predicted molar refractivity (Wildman–Crippen MR) is 93.0 cm³/mol. The van der Waals surface area contributed by atoms with Gasteiger partial charge in [-0.2, -0.15) is 0 Å². The summed E-state index contributed by atoms with van der Waals surface area (Å²) in [5.74, 6) is 2.04. The Hall–Kier alpha value is -2.95. The average Bonchev–Trinajstić information content (AvgIpc) is 2.97. The van der Waals surface area contributed by atoms with Crippen LogP contribution in [-0.4, -0.2) is 19.6 Å². The molecular weight excluding hydrogens is 290 g/mol. The van der Waals surface area contributed by atoms with E-state index >= 15 is 0 Å². The highest BCUT2D eigenvalue weighted by Crippen LogP contribution is 2.19. The molecule has 3 rings (SSSR count). The zero-order valence-electron chi connectivity index (χ0n) is 13.0. The number of aliphatic imine (C=N–C) groups is 1. The van der Waals surface area contributed by atoms with Crippen LogP contribution in [0.15, 0.2) is 64.0 Å². The summed E-state index contributed by atoms with van der Waals surface area (Å²) in [7, 11) is 1.63.